The first-order chi connectivity index (χ1) is 17.5. The second-order valence-electron chi connectivity index (χ2n) is 10.2. The minimum atomic E-state index is 0. The van der Waals surface area contributed by atoms with Gasteiger partial charge in [-0.3, -0.25) is 4.90 Å². The molecule has 5 heteroatoms. The highest BCUT2D eigenvalue weighted by Crippen LogP contribution is 2.32. The number of ether oxygens (including phenoxy) is 1. The molecule has 37 heavy (non-hydrogen) atoms. The third-order valence-electron chi connectivity index (χ3n) is 7.64. The highest BCUT2D eigenvalue weighted by atomic mass is 35.5. The Morgan fingerprint density at radius 2 is 1.32 bits per heavy atom. The summed E-state index contributed by atoms with van der Waals surface area (Å²) in [7, 11) is 0. The lowest BCUT2D eigenvalue weighted by molar-refractivity contribution is 0.108. The number of piperazine rings is 1. The van der Waals surface area contributed by atoms with Crippen LogP contribution in [0.25, 0.3) is 0 Å². The summed E-state index contributed by atoms with van der Waals surface area (Å²) in [5, 5.41) is 10.1. The molecular formula is C32H43ClN2O2. The van der Waals surface area contributed by atoms with Crippen molar-refractivity contribution >= 4 is 12.4 Å². The molecule has 200 valence electrons. The van der Waals surface area contributed by atoms with E-state index in [0.717, 1.165) is 61.6 Å². The van der Waals surface area contributed by atoms with Gasteiger partial charge in [-0.05, 0) is 74.0 Å². The van der Waals surface area contributed by atoms with Crippen molar-refractivity contribution in [3.63, 3.8) is 0 Å². The van der Waals surface area contributed by atoms with Gasteiger partial charge in [0.25, 0.3) is 0 Å². The van der Waals surface area contributed by atoms with Gasteiger partial charge in [0.05, 0.1) is 12.6 Å². The van der Waals surface area contributed by atoms with Crippen molar-refractivity contribution in [1.29, 1.82) is 0 Å². The molecule has 0 bridgehead atoms. The first-order valence-corrected chi connectivity index (χ1v) is 13.5. The standard InChI is InChI=1S/C32H42N2O2.ClH/c1-25-24-30(26(2)27(3)32(25)35)36-23-13-5-4-12-18-33-19-21-34(22-20-33)31(28-14-8-6-9-15-28)29-16-10-7-11-17-29;/h6-11,14-17,24,31,35H,4-5,12-13,18-23H2,1-3H3;1H. The minimum absolute atomic E-state index is 0. The summed E-state index contributed by atoms with van der Waals surface area (Å²) in [5.74, 6) is 1.29. The zero-order chi connectivity index (χ0) is 25.3. The third-order valence-corrected chi connectivity index (χ3v) is 7.64. The predicted octanol–water partition coefficient (Wildman–Crippen LogP) is 7.09. The van der Waals surface area contributed by atoms with Crippen molar-refractivity contribution in [2.24, 2.45) is 0 Å². The van der Waals surface area contributed by atoms with E-state index in [4.69, 9.17) is 4.74 Å². The van der Waals surface area contributed by atoms with Crippen LogP contribution in [0.4, 0.5) is 0 Å². The molecule has 0 spiro atoms. The molecule has 0 unspecified atom stereocenters. The lowest BCUT2D eigenvalue weighted by Crippen LogP contribution is -2.48. The normalized spacial score (nSPS) is 14.5. The van der Waals surface area contributed by atoms with Crippen molar-refractivity contribution in [1.82, 2.24) is 9.80 Å². The Morgan fingerprint density at radius 3 is 1.92 bits per heavy atom. The Labute approximate surface area is 229 Å². The van der Waals surface area contributed by atoms with Gasteiger partial charge < -0.3 is 14.7 Å². The summed E-state index contributed by atoms with van der Waals surface area (Å²) in [6, 6.07) is 24.2. The molecule has 4 rings (SSSR count). The largest absolute Gasteiger partial charge is 0.507 e. The van der Waals surface area contributed by atoms with Crippen LogP contribution in [0, 0.1) is 20.8 Å². The Morgan fingerprint density at radius 1 is 0.757 bits per heavy atom. The lowest BCUT2D eigenvalue weighted by atomic mass is 9.96. The van der Waals surface area contributed by atoms with Crippen molar-refractivity contribution in [3.05, 3.63) is 94.5 Å². The fourth-order valence-electron chi connectivity index (χ4n) is 5.28. The predicted molar refractivity (Wildman–Crippen MR) is 156 cm³/mol. The zero-order valence-electron chi connectivity index (χ0n) is 22.7. The van der Waals surface area contributed by atoms with Gasteiger partial charge in [0.1, 0.15) is 11.5 Å². The van der Waals surface area contributed by atoms with Gasteiger partial charge in [-0.1, -0.05) is 73.5 Å². The summed E-state index contributed by atoms with van der Waals surface area (Å²) in [6.07, 6.45) is 4.76. The molecule has 0 aromatic heterocycles. The number of halogens is 1. The fraction of sp³-hybridized carbons (Fsp3) is 0.438. The first-order valence-electron chi connectivity index (χ1n) is 13.5. The lowest BCUT2D eigenvalue weighted by Gasteiger charge is -2.39. The topological polar surface area (TPSA) is 35.9 Å². The molecular weight excluding hydrogens is 480 g/mol. The van der Waals surface area contributed by atoms with Gasteiger partial charge in [-0.15, -0.1) is 12.4 Å². The van der Waals surface area contributed by atoms with Gasteiger partial charge in [-0.2, -0.15) is 0 Å². The van der Waals surface area contributed by atoms with Crippen LogP contribution < -0.4 is 4.74 Å². The molecule has 0 radical (unpaired) electrons. The SMILES string of the molecule is Cc1cc(OCCCCCCN2CCN(C(c3ccccc3)c3ccccc3)CC2)c(C)c(C)c1O.Cl. The van der Waals surface area contributed by atoms with Crippen LogP contribution in [0.1, 0.15) is 59.5 Å². The van der Waals surface area contributed by atoms with E-state index in [2.05, 4.69) is 70.5 Å². The van der Waals surface area contributed by atoms with Gasteiger partial charge in [0.15, 0.2) is 0 Å². The van der Waals surface area contributed by atoms with Gasteiger partial charge >= 0.3 is 0 Å². The van der Waals surface area contributed by atoms with Crippen LogP contribution in [0.3, 0.4) is 0 Å². The molecule has 3 aromatic rings. The van der Waals surface area contributed by atoms with Crippen LogP contribution >= 0.6 is 12.4 Å². The number of aromatic hydroxyl groups is 1. The van der Waals surface area contributed by atoms with Crippen LogP contribution in [0.5, 0.6) is 11.5 Å². The maximum Gasteiger partial charge on any atom is 0.122 e. The molecule has 4 nitrogen and oxygen atoms in total. The molecule has 3 aromatic carbocycles. The molecule has 0 atom stereocenters. The highest BCUT2D eigenvalue weighted by Gasteiger charge is 2.26. The van der Waals surface area contributed by atoms with Gasteiger partial charge in [-0.25, -0.2) is 0 Å². The number of hydrogen-bond acceptors (Lipinski definition) is 4. The highest BCUT2D eigenvalue weighted by molar-refractivity contribution is 5.85. The molecule has 1 aliphatic heterocycles. The Bertz CT molecular complexity index is 1040. The molecule has 1 fully saturated rings. The van der Waals surface area contributed by atoms with Crippen molar-refractivity contribution in [2.45, 2.75) is 52.5 Å². The third kappa shape index (κ3) is 7.73. The van der Waals surface area contributed by atoms with E-state index in [1.165, 1.54) is 36.9 Å². The Balaban J connectivity index is 0.00000380. The molecule has 0 amide bonds. The average molecular weight is 523 g/mol. The average Bonchev–Trinajstić information content (AvgIpc) is 2.92. The Hall–Kier alpha value is -2.53. The quantitative estimate of drug-likeness (QED) is 0.273. The number of rotatable bonds is 11. The van der Waals surface area contributed by atoms with Crippen LogP contribution in [0.2, 0.25) is 0 Å². The summed E-state index contributed by atoms with van der Waals surface area (Å²) in [4.78, 5) is 5.28. The number of aryl methyl sites for hydroxylation is 1. The van der Waals surface area contributed by atoms with Crippen LogP contribution in [-0.2, 0) is 0 Å². The molecule has 1 aliphatic rings. The molecule has 0 aliphatic carbocycles. The van der Waals surface area contributed by atoms with E-state index < -0.39 is 0 Å². The zero-order valence-corrected chi connectivity index (χ0v) is 23.5. The van der Waals surface area contributed by atoms with E-state index in [1.54, 1.807) is 0 Å². The number of unbranched alkanes of at least 4 members (excludes halogenated alkanes) is 3. The maximum absolute atomic E-state index is 10.1. The summed E-state index contributed by atoms with van der Waals surface area (Å²) in [5.41, 5.74) is 5.61. The van der Waals surface area contributed by atoms with Crippen LogP contribution in [0.15, 0.2) is 66.7 Å². The number of nitrogens with zero attached hydrogens (tertiary/aromatic N) is 2. The molecule has 0 saturated carbocycles. The van der Waals surface area contributed by atoms with Crippen molar-refractivity contribution in [3.8, 4) is 11.5 Å². The summed E-state index contributed by atoms with van der Waals surface area (Å²) < 4.78 is 6.03. The smallest absolute Gasteiger partial charge is 0.122 e. The molecule has 1 saturated heterocycles. The fourth-order valence-corrected chi connectivity index (χ4v) is 5.28. The summed E-state index contributed by atoms with van der Waals surface area (Å²) in [6.45, 7) is 12.3. The van der Waals surface area contributed by atoms with Crippen molar-refractivity contribution < 1.29 is 9.84 Å². The van der Waals surface area contributed by atoms with E-state index in [0.29, 0.717) is 11.8 Å². The van der Waals surface area contributed by atoms with Crippen molar-refractivity contribution in [2.75, 3.05) is 39.3 Å². The van der Waals surface area contributed by atoms with Gasteiger partial charge in [0.2, 0.25) is 0 Å². The van der Waals surface area contributed by atoms with Gasteiger partial charge in [0, 0.05) is 26.2 Å². The van der Waals surface area contributed by atoms with E-state index in [1.807, 2.05) is 26.8 Å². The van der Waals surface area contributed by atoms with E-state index in [-0.39, 0.29) is 12.4 Å². The maximum atomic E-state index is 10.1. The van der Waals surface area contributed by atoms with E-state index in [9.17, 15) is 5.11 Å². The number of phenolic OH excluding ortho intramolecular Hbond substituents is 1. The number of phenols is 1. The number of benzene rings is 3. The molecule has 1 heterocycles. The second kappa shape index (κ2) is 14.4. The van der Waals surface area contributed by atoms with Crippen LogP contribution in [-0.4, -0.2) is 54.2 Å². The first kappa shape index (κ1) is 29.0. The monoisotopic (exact) mass is 522 g/mol. The second-order valence-corrected chi connectivity index (χ2v) is 10.2. The minimum Gasteiger partial charge on any atom is -0.507 e. The van der Waals surface area contributed by atoms with E-state index >= 15 is 0 Å². The Kier molecular flexibility index (Phi) is 11.3. The number of hydrogen-bond donors (Lipinski definition) is 1. The summed E-state index contributed by atoms with van der Waals surface area (Å²) >= 11 is 0. The molecule has 1 N–H and O–H groups in total.